The first-order chi connectivity index (χ1) is 9.95. The summed E-state index contributed by atoms with van der Waals surface area (Å²) in [6.07, 6.45) is 2.42. The summed E-state index contributed by atoms with van der Waals surface area (Å²) in [7, 11) is 0. The summed E-state index contributed by atoms with van der Waals surface area (Å²) >= 11 is 12.1. The maximum atomic E-state index is 12.2. The summed E-state index contributed by atoms with van der Waals surface area (Å²) in [6, 6.07) is 5.26. The lowest BCUT2D eigenvalue weighted by atomic mass is 9.99. The minimum absolute atomic E-state index is 0.0815. The van der Waals surface area contributed by atoms with E-state index in [0.717, 1.165) is 24.6 Å². The van der Waals surface area contributed by atoms with Crippen LogP contribution >= 0.6 is 23.2 Å². The quantitative estimate of drug-likeness (QED) is 0.874. The predicted octanol–water partition coefficient (Wildman–Crippen LogP) is 2.49. The van der Waals surface area contributed by atoms with Gasteiger partial charge in [-0.25, -0.2) is 0 Å². The molecule has 1 aromatic rings. The number of quaternary nitrogens is 1. The normalized spacial score (nSPS) is 23.6. The van der Waals surface area contributed by atoms with Crippen molar-refractivity contribution in [1.82, 2.24) is 5.32 Å². The Bertz CT molecular complexity index is 499. The van der Waals surface area contributed by atoms with Crippen molar-refractivity contribution in [2.45, 2.75) is 32.7 Å². The molecule has 3 nitrogen and oxygen atoms in total. The van der Waals surface area contributed by atoms with Gasteiger partial charge in [-0.15, -0.1) is 0 Å². The number of nitrogens with one attached hydrogen (secondary N) is 2. The third-order valence-corrected chi connectivity index (χ3v) is 4.76. The van der Waals surface area contributed by atoms with Gasteiger partial charge in [0.05, 0.1) is 19.1 Å². The molecular weight excluding hydrogens is 307 g/mol. The second kappa shape index (κ2) is 7.48. The van der Waals surface area contributed by atoms with Gasteiger partial charge in [0.1, 0.15) is 0 Å². The monoisotopic (exact) mass is 329 g/mol. The van der Waals surface area contributed by atoms with Gasteiger partial charge in [0.25, 0.3) is 5.91 Å². The number of rotatable bonds is 4. The van der Waals surface area contributed by atoms with E-state index in [4.69, 9.17) is 23.2 Å². The summed E-state index contributed by atoms with van der Waals surface area (Å²) < 4.78 is 0. The molecule has 1 atom stereocenters. The minimum atomic E-state index is -0.106. The van der Waals surface area contributed by atoms with Crippen LogP contribution < -0.4 is 10.2 Å². The lowest BCUT2D eigenvalue weighted by Crippen LogP contribution is -3.14. The Hall–Kier alpha value is -0.770. The summed E-state index contributed by atoms with van der Waals surface area (Å²) in [5.74, 6) is 0.877. The Balaban J connectivity index is 1.87. The Morgan fingerprint density at radius 2 is 2.05 bits per heavy atom. The molecule has 1 heterocycles. The molecule has 116 valence electrons. The summed E-state index contributed by atoms with van der Waals surface area (Å²) in [5, 5.41) is 4.23. The van der Waals surface area contributed by atoms with Gasteiger partial charge in [-0.3, -0.25) is 4.79 Å². The maximum Gasteiger partial charge on any atom is 0.275 e. The Kier molecular flexibility index (Phi) is 5.91. The highest BCUT2D eigenvalue weighted by Gasteiger charge is 2.22. The van der Waals surface area contributed by atoms with E-state index in [1.54, 1.807) is 12.1 Å². The molecule has 0 bridgehead atoms. The fraction of sp³-hybridized carbons (Fsp3) is 0.562. The van der Waals surface area contributed by atoms with Crippen molar-refractivity contribution in [3.8, 4) is 0 Å². The Morgan fingerprint density at radius 1 is 1.38 bits per heavy atom. The molecule has 21 heavy (non-hydrogen) atoms. The zero-order chi connectivity index (χ0) is 15.4. The molecule has 1 aliphatic heterocycles. The van der Waals surface area contributed by atoms with Crippen molar-refractivity contribution in [1.29, 1.82) is 0 Å². The lowest BCUT2D eigenvalue weighted by Gasteiger charge is -2.27. The molecule has 1 amide bonds. The molecule has 0 spiro atoms. The fourth-order valence-electron chi connectivity index (χ4n) is 2.80. The zero-order valence-electron chi connectivity index (χ0n) is 12.6. The first-order valence-electron chi connectivity index (χ1n) is 7.53. The number of hydrogen-bond donors (Lipinski definition) is 2. The van der Waals surface area contributed by atoms with E-state index in [1.807, 2.05) is 13.0 Å². The van der Waals surface area contributed by atoms with Crippen LogP contribution in [0, 0.1) is 5.92 Å². The average molecular weight is 330 g/mol. The van der Waals surface area contributed by atoms with Crippen LogP contribution in [-0.2, 0) is 4.79 Å². The number of likely N-dealkylation sites (tertiary alicyclic amines) is 1. The number of halogens is 2. The van der Waals surface area contributed by atoms with Gasteiger partial charge in [0.2, 0.25) is 0 Å². The molecule has 0 aromatic heterocycles. The fourth-order valence-corrected chi connectivity index (χ4v) is 3.37. The topological polar surface area (TPSA) is 33.5 Å². The highest BCUT2D eigenvalue weighted by molar-refractivity contribution is 6.35. The molecule has 0 saturated carbocycles. The van der Waals surface area contributed by atoms with E-state index in [0.29, 0.717) is 16.6 Å². The van der Waals surface area contributed by atoms with Crippen LogP contribution in [0.3, 0.4) is 0 Å². The summed E-state index contributed by atoms with van der Waals surface area (Å²) in [6.45, 7) is 6.94. The number of carbonyl (C=O) groups is 1. The first kappa shape index (κ1) is 16.6. The highest BCUT2D eigenvalue weighted by Crippen LogP contribution is 2.25. The van der Waals surface area contributed by atoms with Gasteiger partial charge in [-0.1, -0.05) is 36.2 Å². The number of carbonyl (C=O) groups excluding carboxylic acids is 1. The van der Waals surface area contributed by atoms with E-state index in [2.05, 4.69) is 12.2 Å². The smallest absolute Gasteiger partial charge is 0.275 e. The molecule has 1 aliphatic rings. The number of hydrogen-bond acceptors (Lipinski definition) is 1. The van der Waals surface area contributed by atoms with Crippen molar-refractivity contribution in [3.63, 3.8) is 0 Å². The van der Waals surface area contributed by atoms with E-state index < -0.39 is 0 Å². The molecule has 0 unspecified atom stereocenters. The second-order valence-electron chi connectivity index (χ2n) is 6.06. The van der Waals surface area contributed by atoms with Gasteiger partial charge in [0.15, 0.2) is 6.54 Å². The van der Waals surface area contributed by atoms with Crippen LogP contribution in [0.25, 0.3) is 0 Å². The van der Waals surface area contributed by atoms with E-state index in [1.165, 1.54) is 17.7 Å². The molecule has 2 N–H and O–H groups in total. The maximum absolute atomic E-state index is 12.2. The first-order valence-corrected chi connectivity index (χ1v) is 8.29. The van der Waals surface area contributed by atoms with Crippen LogP contribution in [0.1, 0.15) is 38.3 Å². The molecule has 1 saturated heterocycles. The van der Waals surface area contributed by atoms with Crippen molar-refractivity contribution in [2.75, 3.05) is 19.6 Å². The number of piperidine rings is 1. The Labute approximate surface area is 136 Å². The van der Waals surface area contributed by atoms with Gasteiger partial charge in [0, 0.05) is 10.0 Å². The van der Waals surface area contributed by atoms with Crippen LogP contribution in [0.5, 0.6) is 0 Å². The SMILES string of the molecule is CC1CC[NH+](CC(=O)N[C@@H](C)c2ccc(Cl)cc2Cl)CC1. The highest BCUT2D eigenvalue weighted by atomic mass is 35.5. The van der Waals surface area contributed by atoms with Crippen LogP contribution in [0.2, 0.25) is 10.0 Å². The summed E-state index contributed by atoms with van der Waals surface area (Å²) in [4.78, 5) is 13.5. The van der Waals surface area contributed by atoms with Crippen LogP contribution in [0.4, 0.5) is 0 Å². The molecular formula is C16H23Cl2N2O+. The average Bonchev–Trinajstić information content (AvgIpc) is 2.41. The molecule has 0 radical (unpaired) electrons. The standard InChI is InChI=1S/C16H22Cl2N2O/c1-11-5-7-20(8-6-11)10-16(21)19-12(2)14-4-3-13(17)9-15(14)18/h3-4,9,11-12H,5-8,10H2,1-2H3,(H,19,21)/p+1/t12-/m0/s1. The van der Waals surface area contributed by atoms with E-state index in [9.17, 15) is 4.79 Å². The van der Waals surface area contributed by atoms with Gasteiger partial charge >= 0.3 is 0 Å². The third-order valence-electron chi connectivity index (χ3n) is 4.20. The summed E-state index contributed by atoms with van der Waals surface area (Å²) in [5.41, 5.74) is 0.900. The van der Waals surface area contributed by atoms with Gasteiger partial charge in [-0.2, -0.15) is 0 Å². The molecule has 2 rings (SSSR count). The lowest BCUT2D eigenvalue weighted by molar-refractivity contribution is -0.898. The van der Waals surface area contributed by atoms with Crippen LogP contribution in [-0.4, -0.2) is 25.5 Å². The number of amides is 1. The van der Waals surface area contributed by atoms with Crippen molar-refractivity contribution >= 4 is 29.1 Å². The van der Waals surface area contributed by atoms with E-state index in [-0.39, 0.29) is 11.9 Å². The third kappa shape index (κ3) is 4.87. The molecule has 1 aromatic carbocycles. The largest absolute Gasteiger partial charge is 0.345 e. The zero-order valence-corrected chi connectivity index (χ0v) is 14.1. The second-order valence-corrected chi connectivity index (χ2v) is 6.91. The van der Waals surface area contributed by atoms with Crippen molar-refractivity contribution in [3.05, 3.63) is 33.8 Å². The van der Waals surface area contributed by atoms with Crippen LogP contribution in [0.15, 0.2) is 18.2 Å². The Morgan fingerprint density at radius 3 is 2.67 bits per heavy atom. The van der Waals surface area contributed by atoms with Crippen molar-refractivity contribution < 1.29 is 9.69 Å². The molecule has 0 aliphatic carbocycles. The van der Waals surface area contributed by atoms with Gasteiger partial charge in [-0.05, 0) is 43.4 Å². The molecule has 5 heteroatoms. The van der Waals surface area contributed by atoms with Crippen molar-refractivity contribution in [2.24, 2.45) is 5.92 Å². The predicted molar refractivity (Wildman–Crippen MR) is 87.0 cm³/mol. The minimum Gasteiger partial charge on any atom is -0.345 e. The molecule has 1 fully saturated rings. The van der Waals surface area contributed by atoms with Gasteiger partial charge < -0.3 is 10.2 Å². The van der Waals surface area contributed by atoms with E-state index >= 15 is 0 Å². The number of benzene rings is 1.